The Morgan fingerprint density at radius 2 is 1.56 bits per heavy atom. The van der Waals surface area contributed by atoms with E-state index in [0.717, 1.165) is 5.56 Å². The van der Waals surface area contributed by atoms with Gasteiger partial charge < -0.3 is 14.3 Å². The fourth-order valence-corrected chi connectivity index (χ4v) is 4.53. The number of carbonyl (C=O) groups is 3. The molecule has 2 N–H and O–H groups in total. The summed E-state index contributed by atoms with van der Waals surface area (Å²) in [6.45, 7) is 7.21. The van der Waals surface area contributed by atoms with Crippen molar-refractivity contribution >= 4 is 26.0 Å². The Kier molecular flexibility index (Phi) is 7.78. The van der Waals surface area contributed by atoms with Gasteiger partial charge in [-0.05, 0) is 12.5 Å². The van der Waals surface area contributed by atoms with Gasteiger partial charge in [-0.15, -0.1) is 0 Å². The molecule has 0 heterocycles. The van der Waals surface area contributed by atoms with E-state index in [1.807, 2.05) is 37.8 Å². The molecule has 1 aromatic rings. The van der Waals surface area contributed by atoms with Crippen LogP contribution in [-0.4, -0.2) is 32.6 Å². The second kappa shape index (κ2) is 9.33. The Morgan fingerprint density at radius 1 is 1.00 bits per heavy atom. The maximum atomic E-state index is 12.6. The predicted octanol–water partition coefficient (Wildman–Crippen LogP) is 2.03. The molecule has 0 aliphatic rings. The molecule has 0 bridgehead atoms. The van der Waals surface area contributed by atoms with Crippen molar-refractivity contribution in [3.8, 4) is 0 Å². The first kappa shape index (κ1) is 20.9. The third-order valence-corrected chi connectivity index (χ3v) is 6.09. The van der Waals surface area contributed by atoms with E-state index < -0.39 is 37.4 Å². The number of ether oxygens (including phenoxy) is 2. The first-order valence-corrected chi connectivity index (χ1v) is 11.6. The normalized spacial score (nSPS) is 13.5. The Morgan fingerprint density at radius 3 is 2.04 bits per heavy atom. The van der Waals surface area contributed by atoms with Gasteiger partial charge in [0.25, 0.3) is 0 Å². The van der Waals surface area contributed by atoms with Crippen LogP contribution in [0.25, 0.3) is 0 Å². The number of esters is 2. The van der Waals surface area contributed by atoms with E-state index in [4.69, 9.17) is 15.4 Å². The molecular formula is C17H25NO6Si. The van der Waals surface area contributed by atoms with Gasteiger partial charge in [0.05, 0.1) is 20.2 Å². The summed E-state index contributed by atoms with van der Waals surface area (Å²) in [7, 11) is -2.35. The molecule has 0 saturated carbocycles. The summed E-state index contributed by atoms with van der Waals surface area (Å²) >= 11 is 0. The minimum absolute atomic E-state index is 0.00826. The fourth-order valence-electron chi connectivity index (χ4n) is 2.48. The predicted molar refractivity (Wildman–Crippen MR) is 93.7 cm³/mol. The van der Waals surface area contributed by atoms with E-state index >= 15 is 0 Å². The zero-order chi connectivity index (χ0) is 19.0. The molecule has 0 amide bonds. The van der Waals surface area contributed by atoms with Crippen LogP contribution in [0.2, 0.25) is 25.2 Å². The van der Waals surface area contributed by atoms with Gasteiger partial charge in [-0.1, -0.05) is 50.0 Å². The lowest BCUT2D eigenvalue weighted by molar-refractivity contribution is -0.167. The van der Waals surface area contributed by atoms with E-state index in [-0.39, 0.29) is 13.2 Å². The van der Waals surface area contributed by atoms with Gasteiger partial charge in [0.2, 0.25) is 0 Å². The number of hydrogen-bond donors (Lipinski definition) is 1. The van der Waals surface area contributed by atoms with E-state index in [1.165, 1.54) is 0 Å². The van der Waals surface area contributed by atoms with E-state index in [1.54, 1.807) is 19.1 Å². The third-order valence-electron chi connectivity index (χ3n) is 3.65. The summed E-state index contributed by atoms with van der Waals surface area (Å²) in [4.78, 5) is 41.4. The molecule has 0 aromatic heterocycles. The number of benzene rings is 1. The molecule has 0 aliphatic heterocycles. The lowest BCUT2D eigenvalue weighted by Crippen LogP contribution is -2.47. The summed E-state index contributed by atoms with van der Waals surface area (Å²) < 4.78 is 10.2. The number of carbonyl (C=O) groups excluding carboxylic acids is 3. The highest BCUT2D eigenvalue weighted by molar-refractivity contribution is 6.81. The number of nitrogens with two attached hydrogens (primary N) is 1. The molecule has 1 rings (SSSR count). The molecular weight excluding hydrogens is 342 g/mol. The molecule has 0 unspecified atom stereocenters. The molecule has 0 saturated heterocycles. The fraction of sp³-hybridized carbons (Fsp3) is 0.471. The highest BCUT2D eigenvalue weighted by Gasteiger charge is 2.49. The minimum atomic E-state index is -2.35. The smallest absolute Gasteiger partial charge is 0.326 e. The zero-order valence-electron chi connectivity index (χ0n) is 15.0. The summed E-state index contributed by atoms with van der Waals surface area (Å²) in [5.74, 6) is 1.18. The summed E-state index contributed by atoms with van der Waals surface area (Å²) in [6.07, 6.45) is 0. The molecule has 8 heteroatoms. The van der Waals surface area contributed by atoms with Crippen LogP contribution in [0.3, 0.4) is 0 Å². The third kappa shape index (κ3) is 5.99. The average molecular weight is 367 g/mol. The van der Waals surface area contributed by atoms with Crippen LogP contribution in [0.4, 0.5) is 0 Å². The Labute approximate surface area is 148 Å². The lowest BCUT2D eigenvalue weighted by atomic mass is 10.1. The molecule has 25 heavy (non-hydrogen) atoms. The maximum Gasteiger partial charge on any atom is 0.326 e. The van der Waals surface area contributed by atoms with Crippen molar-refractivity contribution in [3.05, 3.63) is 35.9 Å². The van der Waals surface area contributed by atoms with Gasteiger partial charge in [0, 0.05) is 0 Å². The van der Waals surface area contributed by atoms with Gasteiger partial charge in [-0.3, -0.25) is 14.4 Å². The second-order valence-electron chi connectivity index (χ2n) is 6.60. The summed E-state index contributed by atoms with van der Waals surface area (Å²) in [6, 6.07) is 9.03. The van der Waals surface area contributed by atoms with Crippen molar-refractivity contribution < 1.29 is 28.7 Å². The molecule has 1 aromatic carbocycles. The van der Waals surface area contributed by atoms with E-state index in [2.05, 4.69) is 4.84 Å². The Balaban J connectivity index is 3.06. The molecule has 2 atom stereocenters. The molecule has 0 aliphatic carbocycles. The highest BCUT2D eigenvalue weighted by Crippen LogP contribution is 2.33. The lowest BCUT2D eigenvalue weighted by Gasteiger charge is -2.30. The molecule has 7 nitrogen and oxygen atoms in total. The van der Waals surface area contributed by atoms with Crippen LogP contribution in [0.1, 0.15) is 12.5 Å². The highest BCUT2D eigenvalue weighted by atomic mass is 28.3. The second-order valence-corrected chi connectivity index (χ2v) is 12.0. The topological polar surface area (TPSA) is 105 Å². The largest absolute Gasteiger partial charge is 0.465 e. The molecule has 0 radical (unpaired) electrons. The van der Waals surface area contributed by atoms with Crippen molar-refractivity contribution in [1.29, 1.82) is 0 Å². The Hall–Kier alpha value is -2.19. The monoisotopic (exact) mass is 367 g/mol. The van der Waals surface area contributed by atoms with Crippen molar-refractivity contribution in [2.45, 2.75) is 38.7 Å². The van der Waals surface area contributed by atoms with Crippen LogP contribution >= 0.6 is 0 Å². The average Bonchev–Trinajstić information content (AvgIpc) is 2.56. The van der Waals surface area contributed by atoms with Crippen LogP contribution in [0.15, 0.2) is 30.3 Å². The Bertz CT molecular complexity index is 599. The first-order chi connectivity index (χ1) is 11.7. The van der Waals surface area contributed by atoms with Crippen molar-refractivity contribution in [3.63, 3.8) is 0 Å². The van der Waals surface area contributed by atoms with Gasteiger partial charge in [-0.25, -0.2) is 0 Å². The number of rotatable bonds is 8. The quantitative estimate of drug-likeness (QED) is 0.324. The van der Waals surface area contributed by atoms with Crippen LogP contribution in [0.5, 0.6) is 0 Å². The van der Waals surface area contributed by atoms with E-state index in [0.29, 0.717) is 0 Å². The van der Waals surface area contributed by atoms with Crippen LogP contribution in [0, 0.1) is 5.92 Å². The van der Waals surface area contributed by atoms with Crippen LogP contribution in [-0.2, 0) is 35.3 Å². The number of hydrogen-bond acceptors (Lipinski definition) is 7. The van der Waals surface area contributed by atoms with Gasteiger partial charge in [-0.2, -0.15) is 5.90 Å². The molecule has 0 fully saturated rings. The summed E-state index contributed by atoms with van der Waals surface area (Å²) in [5.41, 5.74) is -0.232. The van der Waals surface area contributed by atoms with Crippen molar-refractivity contribution in [2.75, 3.05) is 6.61 Å². The van der Waals surface area contributed by atoms with E-state index in [9.17, 15) is 14.4 Å². The minimum Gasteiger partial charge on any atom is -0.465 e. The van der Waals surface area contributed by atoms with Crippen molar-refractivity contribution in [2.24, 2.45) is 11.8 Å². The first-order valence-electron chi connectivity index (χ1n) is 8.00. The molecule has 0 spiro atoms. The molecule has 138 valence electrons. The van der Waals surface area contributed by atoms with Gasteiger partial charge in [0.1, 0.15) is 6.61 Å². The van der Waals surface area contributed by atoms with Crippen LogP contribution < -0.4 is 5.90 Å². The standard InChI is InChI=1S/C17H25NO6Si/c1-5-22-15(19)13(14(17(21)24-18)25(2,3)4)16(20)23-11-12-9-7-6-8-10-12/h6-10,13-14H,5,11,18H2,1-4H3/t13-,14-/m0/s1. The van der Waals surface area contributed by atoms with Crippen molar-refractivity contribution in [1.82, 2.24) is 0 Å². The summed E-state index contributed by atoms with van der Waals surface area (Å²) in [5, 5.41) is 0. The SMILES string of the molecule is CCOC(=O)[C@@H](C(=O)OCc1ccccc1)[C@@H](C(=O)ON)[Si](C)(C)C. The van der Waals surface area contributed by atoms with Gasteiger partial charge >= 0.3 is 17.9 Å². The zero-order valence-corrected chi connectivity index (χ0v) is 16.0. The maximum absolute atomic E-state index is 12.6. The van der Waals surface area contributed by atoms with Gasteiger partial charge in [0.15, 0.2) is 5.92 Å².